The normalized spacial score (nSPS) is 13.6. The Morgan fingerprint density at radius 3 is 1.61 bits per heavy atom. The Balaban J connectivity index is 1.09. The average Bonchev–Trinajstić information content (AvgIpc) is 3.84. The lowest BCUT2D eigenvalue weighted by Gasteiger charge is -2.45. The first-order valence-corrected chi connectivity index (χ1v) is 21.5. The number of furan rings is 2. The van der Waals surface area contributed by atoms with Crippen LogP contribution in [-0.4, -0.2) is 6.71 Å². The van der Waals surface area contributed by atoms with Crippen molar-refractivity contribution in [2.45, 2.75) is 52.4 Å². The fraction of sp³-hybridized carbons (Fsp3) is 0.143. The van der Waals surface area contributed by atoms with Crippen molar-refractivity contribution in [3.05, 3.63) is 175 Å². The lowest BCUT2D eigenvalue weighted by atomic mass is 9.33. The molecule has 8 aromatic carbocycles. The van der Waals surface area contributed by atoms with Crippen LogP contribution < -0.4 is 26.2 Å². The van der Waals surface area contributed by atoms with Gasteiger partial charge in [-0.2, -0.15) is 0 Å². The molecule has 10 aromatic rings. The molecular formula is C56H45BN2O2. The van der Waals surface area contributed by atoms with E-state index in [1.54, 1.807) is 0 Å². The average molecular weight is 789 g/mol. The monoisotopic (exact) mass is 788 g/mol. The van der Waals surface area contributed by atoms with Crippen LogP contribution in [0.1, 0.15) is 52.7 Å². The minimum Gasteiger partial charge on any atom is -0.456 e. The maximum atomic E-state index is 6.51. The standard InChI is InChI=1S/C56H45BN2O2/c1-55(2,3)36-24-28-44-42(32-36)57-43-33-37(56(4,5)6)25-29-45(43)59(46-15-12-20-52-53(46)40-14-8-10-19-50(40)61-52)48-17-11-16-47(54(48)57)58(44)38-26-21-34(22-27-38)35-23-30-51-41(31-35)39-13-7-9-18-49(39)60-51/h7-33H,1-6H3. The summed E-state index contributed by atoms with van der Waals surface area (Å²) in [7, 11) is 0. The molecule has 0 radical (unpaired) electrons. The first kappa shape index (κ1) is 35.9. The molecule has 0 amide bonds. The van der Waals surface area contributed by atoms with E-state index < -0.39 is 0 Å². The van der Waals surface area contributed by atoms with Crippen LogP contribution in [0.3, 0.4) is 0 Å². The Morgan fingerprint density at radius 1 is 0.393 bits per heavy atom. The molecule has 61 heavy (non-hydrogen) atoms. The summed E-state index contributed by atoms with van der Waals surface area (Å²) in [5.41, 5.74) is 19.5. The molecule has 2 aromatic heterocycles. The molecule has 0 aliphatic carbocycles. The predicted octanol–water partition coefficient (Wildman–Crippen LogP) is 13.8. The van der Waals surface area contributed by atoms with Crippen LogP contribution in [0.25, 0.3) is 55.0 Å². The first-order valence-electron chi connectivity index (χ1n) is 21.5. The molecule has 0 atom stereocenters. The number of anilines is 6. The van der Waals surface area contributed by atoms with E-state index in [4.69, 9.17) is 8.83 Å². The number of hydrogen-bond acceptors (Lipinski definition) is 4. The zero-order chi connectivity index (χ0) is 41.4. The fourth-order valence-electron chi connectivity index (χ4n) is 10.1. The van der Waals surface area contributed by atoms with Gasteiger partial charge in [-0.15, -0.1) is 0 Å². The van der Waals surface area contributed by atoms with Gasteiger partial charge in [-0.1, -0.05) is 133 Å². The molecule has 2 aliphatic heterocycles. The van der Waals surface area contributed by atoms with Crippen molar-refractivity contribution in [2.75, 3.05) is 9.80 Å². The zero-order valence-electron chi connectivity index (χ0n) is 35.4. The summed E-state index contributed by atoms with van der Waals surface area (Å²) in [6.45, 7) is 13.9. The van der Waals surface area contributed by atoms with E-state index in [0.717, 1.165) is 55.3 Å². The highest BCUT2D eigenvalue weighted by molar-refractivity contribution is 7.00. The second-order valence-electron chi connectivity index (χ2n) is 19.0. The topological polar surface area (TPSA) is 32.8 Å². The molecule has 294 valence electrons. The predicted molar refractivity (Wildman–Crippen MR) is 258 cm³/mol. The Morgan fingerprint density at radius 2 is 0.918 bits per heavy atom. The van der Waals surface area contributed by atoms with Crippen molar-refractivity contribution in [2.24, 2.45) is 0 Å². The lowest BCUT2D eigenvalue weighted by Crippen LogP contribution is -2.61. The van der Waals surface area contributed by atoms with Crippen LogP contribution in [-0.2, 0) is 10.8 Å². The van der Waals surface area contributed by atoms with Crippen molar-refractivity contribution in [1.29, 1.82) is 0 Å². The van der Waals surface area contributed by atoms with E-state index >= 15 is 0 Å². The molecule has 4 heterocycles. The summed E-state index contributed by atoms with van der Waals surface area (Å²) < 4.78 is 12.7. The number of nitrogens with zero attached hydrogens (tertiary/aromatic N) is 2. The third-order valence-corrected chi connectivity index (χ3v) is 13.2. The molecule has 0 bridgehead atoms. The summed E-state index contributed by atoms with van der Waals surface area (Å²) in [6, 6.07) is 60.2. The highest BCUT2D eigenvalue weighted by Gasteiger charge is 2.44. The van der Waals surface area contributed by atoms with E-state index in [0.29, 0.717) is 0 Å². The zero-order valence-corrected chi connectivity index (χ0v) is 35.4. The van der Waals surface area contributed by atoms with Crippen molar-refractivity contribution < 1.29 is 8.83 Å². The van der Waals surface area contributed by atoms with Crippen LogP contribution in [0.2, 0.25) is 0 Å². The number of fused-ring (bicyclic) bond motifs is 10. The van der Waals surface area contributed by atoms with Crippen LogP contribution in [0.5, 0.6) is 0 Å². The van der Waals surface area contributed by atoms with E-state index in [1.165, 1.54) is 61.4 Å². The Kier molecular flexibility index (Phi) is 7.52. The van der Waals surface area contributed by atoms with E-state index in [1.807, 2.05) is 12.1 Å². The van der Waals surface area contributed by atoms with Gasteiger partial charge in [-0.05, 0) is 122 Å². The second kappa shape index (κ2) is 12.8. The van der Waals surface area contributed by atoms with Gasteiger partial charge in [-0.25, -0.2) is 0 Å². The largest absolute Gasteiger partial charge is 0.456 e. The SMILES string of the molecule is CC(C)(C)c1ccc2c(c1)B1c3cc(C(C)(C)C)ccc3N(c3cccc4oc5ccccc5c34)c3cccc(c31)N2c1ccc(-c2ccc3oc4ccccc4c3c2)cc1. The van der Waals surface area contributed by atoms with Gasteiger partial charge in [0.1, 0.15) is 22.3 Å². The Hall–Kier alpha value is -6.98. The first-order chi connectivity index (χ1) is 29.5. The number of benzene rings is 8. The summed E-state index contributed by atoms with van der Waals surface area (Å²) >= 11 is 0. The van der Waals surface area contributed by atoms with Gasteiger partial charge in [0.15, 0.2) is 0 Å². The molecule has 0 spiro atoms. The molecule has 0 N–H and O–H groups in total. The fourth-order valence-corrected chi connectivity index (χ4v) is 10.1. The smallest absolute Gasteiger partial charge is 0.252 e. The van der Waals surface area contributed by atoms with Gasteiger partial charge in [0.2, 0.25) is 0 Å². The maximum Gasteiger partial charge on any atom is 0.252 e. The molecule has 12 rings (SSSR count). The van der Waals surface area contributed by atoms with Crippen LogP contribution in [0.15, 0.2) is 173 Å². The number of rotatable bonds is 3. The van der Waals surface area contributed by atoms with Gasteiger partial charge >= 0.3 is 0 Å². The number of hydrogen-bond donors (Lipinski definition) is 0. The van der Waals surface area contributed by atoms with E-state index in [-0.39, 0.29) is 17.5 Å². The minimum atomic E-state index is -0.0335. The van der Waals surface area contributed by atoms with Crippen molar-refractivity contribution in [1.82, 2.24) is 0 Å². The summed E-state index contributed by atoms with van der Waals surface area (Å²) in [6.07, 6.45) is 0. The third-order valence-electron chi connectivity index (χ3n) is 13.2. The molecule has 0 fully saturated rings. The van der Waals surface area contributed by atoms with Crippen molar-refractivity contribution in [3.8, 4) is 11.1 Å². The molecule has 0 unspecified atom stereocenters. The van der Waals surface area contributed by atoms with Crippen molar-refractivity contribution >= 4 is 101 Å². The van der Waals surface area contributed by atoms with Crippen LogP contribution in [0, 0.1) is 0 Å². The molecule has 2 aliphatic rings. The summed E-state index contributed by atoms with van der Waals surface area (Å²) in [5, 5.41) is 4.52. The van der Waals surface area contributed by atoms with Gasteiger partial charge in [0.25, 0.3) is 6.71 Å². The number of para-hydroxylation sites is 2. The van der Waals surface area contributed by atoms with Gasteiger partial charge in [-0.3, -0.25) is 0 Å². The lowest BCUT2D eigenvalue weighted by molar-refractivity contribution is 0.590. The van der Waals surface area contributed by atoms with Gasteiger partial charge in [0.05, 0.1) is 11.1 Å². The van der Waals surface area contributed by atoms with Gasteiger partial charge in [0, 0.05) is 44.6 Å². The summed E-state index contributed by atoms with van der Waals surface area (Å²) in [5.74, 6) is 0. The molecule has 5 heteroatoms. The van der Waals surface area contributed by atoms with Crippen LogP contribution in [0.4, 0.5) is 34.1 Å². The Bertz CT molecular complexity index is 3410. The second-order valence-corrected chi connectivity index (χ2v) is 19.0. The van der Waals surface area contributed by atoms with Crippen LogP contribution >= 0.6 is 0 Å². The molecule has 0 saturated carbocycles. The van der Waals surface area contributed by atoms with Gasteiger partial charge < -0.3 is 18.6 Å². The third kappa shape index (κ3) is 5.39. The minimum absolute atomic E-state index is 0.0179. The molecular weight excluding hydrogens is 743 g/mol. The highest BCUT2D eigenvalue weighted by atomic mass is 16.3. The summed E-state index contributed by atoms with van der Waals surface area (Å²) in [4.78, 5) is 5.01. The van der Waals surface area contributed by atoms with E-state index in [2.05, 4.69) is 203 Å². The molecule has 4 nitrogen and oxygen atoms in total. The Labute approximate surface area is 356 Å². The maximum absolute atomic E-state index is 6.51. The van der Waals surface area contributed by atoms with E-state index in [9.17, 15) is 0 Å². The molecule has 0 saturated heterocycles. The van der Waals surface area contributed by atoms with Crippen molar-refractivity contribution in [3.63, 3.8) is 0 Å². The quantitative estimate of drug-likeness (QED) is 0.167. The highest BCUT2D eigenvalue weighted by Crippen LogP contribution is 2.48.